The summed E-state index contributed by atoms with van der Waals surface area (Å²) in [4.78, 5) is 32.1. The number of hydrogen-bond acceptors (Lipinski definition) is 8. The molecule has 3 heterocycles. The highest BCUT2D eigenvalue weighted by atomic mass is 16.5. The summed E-state index contributed by atoms with van der Waals surface area (Å²) >= 11 is 0. The lowest BCUT2D eigenvalue weighted by Crippen LogP contribution is -2.47. The van der Waals surface area contributed by atoms with Crippen LogP contribution < -0.4 is 14.5 Å². The Balaban J connectivity index is 1.66. The Morgan fingerprint density at radius 1 is 1.16 bits per heavy atom. The molecule has 9 nitrogen and oxygen atoms in total. The lowest BCUT2D eigenvalue weighted by atomic mass is 10.3. The van der Waals surface area contributed by atoms with E-state index < -0.39 is 5.97 Å². The number of carboxylic acids is 1. The molecule has 2 aromatic rings. The van der Waals surface area contributed by atoms with Gasteiger partial charge in [0, 0.05) is 37.9 Å². The van der Waals surface area contributed by atoms with Crippen LogP contribution in [0, 0.1) is 6.92 Å². The molecule has 0 atom stereocenters. The molecular weight excluding hydrogens is 324 g/mol. The molecule has 9 heteroatoms. The molecule has 0 unspecified atom stereocenters. The summed E-state index contributed by atoms with van der Waals surface area (Å²) in [5.74, 6) is 0.841. The van der Waals surface area contributed by atoms with E-state index in [9.17, 15) is 4.79 Å². The van der Waals surface area contributed by atoms with Gasteiger partial charge in [-0.25, -0.2) is 19.7 Å². The minimum absolute atomic E-state index is 0.0565. The van der Waals surface area contributed by atoms with Gasteiger partial charge in [-0.1, -0.05) is 0 Å². The largest absolute Gasteiger partial charge is 0.478 e. The fourth-order valence-corrected chi connectivity index (χ4v) is 2.62. The standard InChI is InChI=1S/C16H20N6O3/c1-3-25-14-8-11(2)19-16(20-14)22-6-4-21(5-7-22)13-10-17-12(9-18-13)15(23)24/h8-10H,3-7H2,1-2H3,(H,23,24). The summed E-state index contributed by atoms with van der Waals surface area (Å²) < 4.78 is 5.48. The van der Waals surface area contributed by atoms with Crippen molar-refractivity contribution in [3.05, 3.63) is 29.8 Å². The van der Waals surface area contributed by atoms with E-state index in [1.807, 2.05) is 19.9 Å². The Morgan fingerprint density at radius 3 is 2.48 bits per heavy atom. The molecule has 1 saturated heterocycles. The molecule has 3 rings (SSSR count). The number of aromatic nitrogens is 4. The number of aromatic carboxylic acids is 1. The second-order valence-electron chi connectivity index (χ2n) is 5.62. The maximum atomic E-state index is 10.8. The van der Waals surface area contributed by atoms with Crippen molar-refractivity contribution >= 4 is 17.7 Å². The molecule has 25 heavy (non-hydrogen) atoms. The Kier molecular flexibility index (Phi) is 4.92. The molecule has 0 spiro atoms. The van der Waals surface area contributed by atoms with Crippen LogP contribution in [-0.4, -0.2) is 63.8 Å². The van der Waals surface area contributed by atoms with Crippen molar-refractivity contribution in [1.29, 1.82) is 0 Å². The Bertz CT molecular complexity index is 744. The van der Waals surface area contributed by atoms with Crippen molar-refractivity contribution in [3.63, 3.8) is 0 Å². The van der Waals surface area contributed by atoms with E-state index in [0.717, 1.165) is 31.9 Å². The first-order valence-electron chi connectivity index (χ1n) is 8.10. The summed E-state index contributed by atoms with van der Waals surface area (Å²) in [6.45, 7) is 7.32. The van der Waals surface area contributed by atoms with Gasteiger partial charge in [-0.3, -0.25) is 0 Å². The summed E-state index contributed by atoms with van der Waals surface area (Å²) in [6, 6.07) is 1.82. The minimum atomic E-state index is -1.08. The number of rotatable bonds is 5. The molecule has 1 fully saturated rings. The lowest BCUT2D eigenvalue weighted by Gasteiger charge is -2.35. The minimum Gasteiger partial charge on any atom is -0.478 e. The third kappa shape index (κ3) is 3.93. The second-order valence-corrected chi connectivity index (χ2v) is 5.62. The van der Waals surface area contributed by atoms with Crippen LogP contribution in [0.4, 0.5) is 11.8 Å². The SMILES string of the molecule is CCOc1cc(C)nc(N2CCN(c3cnc(C(=O)O)cn3)CC2)n1. The molecule has 1 aliphatic rings. The third-order valence-corrected chi connectivity index (χ3v) is 3.85. The average Bonchev–Trinajstić information content (AvgIpc) is 2.62. The fourth-order valence-electron chi connectivity index (χ4n) is 2.62. The molecule has 0 saturated carbocycles. The fraction of sp³-hybridized carbons (Fsp3) is 0.438. The van der Waals surface area contributed by atoms with E-state index in [4.69, 9.17) is 9.84 Å². The Labute approximate surface area is 145 Å². The summed E-state index contributed by atoms with van der Waals surface area (Å²) in [6.07, 6.45) is 2.78. The van der Waals surface area contributed by atoms with Gasteiger partial charge in [0.25, 0.3) is 0 Å². The predicted octanol–water partition coefficient (Wildman–Crippen LogP) is 0.999. The van der Waals surface area contributed by atoms with Gasteiger partial charge in [-0.15, -0.1) is 0 Å². The van der Waals surface area contributed by atoms with Crippen molar-refractivity contribution < 1.29 is 14.6 Å². The lowest BCUT2D eigenvalue weighted by molar-refractivity contribution is 0.0690. The van der Waals surface area contributed by atoms with E-state index in [1.165, 1.54) is 12.4 Å². The van der Waals surface area contributed by atoms with E-state index in [2.05, 4.69) is 29.7 Å². The molecule has 1 aliphatic heterocycles. The number of carbonyl (C=O) groups is 1. The molecule has 132 valence electrons. The van der Waals surface area contributed by atoms with Crippen LogP contribution >= 0.6 is 0 Å². The topological polar surface area (TPSA) is 105 Å². The molecule has 2 aromatic heterocycles. The first-order chi connectivity index (χ1) is 12.1. The van der Waals surface area contributed by atoms with E-state index in [0.29, 0.717) is 24.3 Å². The predicted molar refractivity (Wildman–Crippen MR) is 91.4 cm³/mol. The summed E-state index contributed by atoms with van der Waals surface area (Å²) in [7, 11) is 0. The smallest absolute Gasteiger partial charge is 0.356 e. The zero-order valence-corrected chi connectivity index (χ0v) is 14.2. The molecule has 0 aliphatic carbocycles. The monoisotopic (exact) mass is 344 g/mol. The highest BCUT2D eigenvalue weighted by molar-refractivity contribution is 5.84. The molecule has 0 aromatic carbocycles. The van der Waals surface area contributed by atoms with Crippen LogP contribution in [0.1, 0.15) is 23.1 Å². The summed E-state index contributed by atoms with van der Waals surface area (Å²) in [5, 5.41) is 8.88. The van der Waals surface area contributed by atoms with Gasteiger partial charge in [0.15, 0.2) is 5.69 Å². The van der Waals surface area contributed by atoms with Crippen molar-refractivity contribution in [2.24, 2.45) is 0 Å². The average molecular weight is 344 g/mol. The normalized spacial score (nSPS) is 14.5. The van der Waals surface area contributed by atoms with Crippen molar-refractivity contribution in [1.82, 2.24) is 19.9 Å². The number of anilines is 2. The quantitative estimate of drug-likeness (QED) is 0.850. The molecule has 0 amide bonds. The number of piperazine rings is 1. The highest BCUT2D eigenvalue weighted by Gasteiger charge is 2.21. The van der Waals surface area contributed by atoms with Crippen LogP contribution in [0.3, 0.4) is 0 Å². The highest BCUT2D eigenvalue weighted by Crippen LogP contribution is 2.19. The number of carboxylic acid groups (broad SMARTS) is 1. The van der Waals surface area contributed by atoms with Crippen LogP contribution in [0.25, 0.3) is 0 Å². The third-order valence-electron chi connectivity index (χ3n) is 3.85. The van der Waals surface area contributed by atoms with Crippen molar-refractivity contribution in [2.75, 3.05) is 42.6 Å². The molecular formula is C16H20N6O3. The molecule has 0 radical (unpaired) electrons. The first kappa shape index (κ1) is 16.9. The van der Waals surface area contributed by atoms with E-state index in [-0.39, 0.29) is 5.69 Å². The number of ether oxygens (including phenoxy) is 1. The molecule has 1 N–H and O–H groups in total. The Morgan fingerprint density at radius 2 is 1.88 bits per heavy atom. The second kappa shape index (κ2) is 7.29. The van der Waals surface area contributed by atoms with E-state index >= 15 is 0 Å². The van der Waals surface area contributed by atoms with Gasteiger partial charge in [-0.05, 0) is 13.8 Å². The van der Waals surface area contributed by atoms with Gasteiger partial charge in [0.1, 0.15) is 5.82 Å². The maximum Gasteiger partial charge on any atom is 0.356 e. The van der Waals surface area contributed by atoms with Crippen LogP contribution in [0.5, 0.6) is 5.88 Å². The Hall–Kier alpha value is -2.97. The van der Waals surface area contributed by atoms with Crippen molar-refractivity contribution in [3.8, 4) is 5.88 Å². The van der Waals surface area contributed by atoms with Gasteiger partial charge in [-0.2, -0.15) is 4.98 Å². The van der Waals surface area contributed by atoms with E-state index in [1.54, 1.807) is 0 Å². The van der Waals surface area contributed by atoms with Crippen LogP contribution in [0.2, 0.25) is 0 Å². The van der Waals surface area contributed by atoms with Crippen molar-refractivity contribution in [2.45, 2.75) is 13.8 Å². The van der Waals surface area contributed by atoms with Crippen LogP contribution in [-0.2, 0) is 0 Å². The van der Waals surface area contributed by atoms with Gasteiger partial charge in [0.2, 0.25) is 11.8 Å². The molecule has 0 bridgehead atoms. The zero-order chi connectivity index (χ0) is 17.8. The van der Waals surface area contributed by atoms with Crippen LogP contribution in [0.15, 0.2) is 18.5 Å². The number of hydrogen-bond donors (Lipinski definition) is 1. The number of aryl methyl sites for hydroxylation is 1. The zero-order valence-electron chi connectivity index (χ0n) is 14.2. The van der Waals surface area contributed by atoms with Gasteiger partial charge >= 0.3 is 5.97 Å². The van der Waals surface area contributed by atoms with Gasteiger partial charge < -0.3 is 19.6 Å². The number of nitrogens with zero attached hydrogens (tertiary/aromatic N) is 6. The summed E-state index contributed by atoms with van der Waals surface area (Å²) in [5.41, 5.74) is 0.810. The van der Waals surface area contributed by atoms with Gasteiger partial charge in [0.05, 0.1) is 19.0 Å². The first-order valence-corrected chi connectivity index (χ1v) is 8.10. The maximum absolute atomic E-state index is 10.8.